The molecular weight excluding hydrogens is 483 g/mol. The smallest absolute Gasteiger partial charge is 0.416 e. The number of hydrogen-bond donors (Lipinski definition) is 1. The summed E-state index contributed by atoms with van der Waals surface area (Å²) in [5, 5.41) is 2.93. The normalized spacial score (nSPS) is 14.0. The van der Waals surface area contributed by atoms with Gasteiger partial charge in [-0.1, -0.05) is 30.3 Å². The zero-order chi connectivity index (χ0) is 26.6. The first-order valence-corrected chi connectivity index (χ1v) is 11.9. The summed E-state index contributed by atoms with van der Waals surface area (Å²) in [5.74, 6) is 0.409. The lowest BCUT2D eigenvalue weighted by atomic mass is 10.1. The van der Waals surface area contributed by atoms with Gasteiger partial charge in [0, 0.05) is 19.6 Å². The summed E-state index contributed by atoms with van der Waals surface area (Å²) in [7, 11) is 1.56. The Hall–Kier alpha value is -4.01. The van der Waals surface area contributed by atoms with Gasteiger partial charge >= 0.3 is 12.2 Å². The lowest BCUT2D eigenvalue weighted by molar-refractivity contribution is -0.137. The highest BCUT2D eigenvalue weighted by Crippen LogP contribution is 2.32. The van der Waals surface area contributed by atoms with Crippen molar-refractivity contribution in [1.82, 2.24) is 4.90 Å². The van der Waals surface area contributed by atoms with E-state index in [1.54, 1.807) is 42.3 Å². The minimum atomic E-state index is -4.45. The minimum absolute atomic E-state index is 0.0582. The molecule has 4 rings (SSSR count). The fourth-order valence-electron chi connectivity index (χ4n) is 4.37. The van der Waals surface area contributed by atoms with E-state index in [2.05, 4.69) is 5.32 Å². The van der Waals surface area contributed by atoms with Crippen LogP contribution in [0.15, 0.2) is 66.7 Å². The van der Waals surface area contributed by atoms with Gasteiger partial charge in [-0.25, -0.2) is 4.79 Å². The zero-order valence-corrected chi connectivity index (χ0v) is 20.6. The molecule has 0 atom stereocenters. The highest BCUT2D eigenvalue weighted by molar-refractivity contribution is 6.01. The largest absolute Gasteiger partial charge is 0.497 e. The van der Waals surface area contributed by atoms with Gasteiger partial charge < -0.3 is 15.0 Å². The van der Waals surface area contributed by atoms with Crippen LogP contribution in [0.5, 0.6) is 5.75 Å². The van der Waals surface area contributed by atoms with Gasteiger partial charge in [0.25, 0.3) is 0 Å². The SMILES string of the molecule is COc1cccc(CC(=O)Nc2cc(C)ccc2N2CCCN(Cc3cccc(C(F)(F)F)c3)C2=O)c1. The van der Waals surface area contributed by atoms with E-state index >= 15 is 0 Å². The van der Waals surface area contributed by atoms with E-state index in [4.69, 9.17) is 4.74 Å². The molecule has 1 aliphatic rings. The Balaban J connectivity index is 1.52. The molecule has 1 aliphatic heterocycles. The van der Waals surface area contributed by atoms with Gasteiger partial charge in [0.2, 0.25) is 5.91 Å². The second-order valence-electron chi connectivity index (χ2n) is 9.00. The number of carbonyl (C=O) groups excluding carboxylic acids is 2. The van der Waals surface area contributed by atoms with E-state index < -0.39 is 11.7 Å². The van der Waals surface area contributed by atoms with Crippen molar-refractivity contribution in [2.45, 2.75) is 32.5 Å². The standard InChI is InChI=1S/C28H28F3N3O3/c1-19-10-11-25(24(14-19)32-26(35)17-20-6-4-9-23(16-20)37-2)34-13-5-12-33(27(34)36)18-21-7-3-8-22(15-21)28(29,30)31/h3-4,6-11,14-16H,5,12-13,17-18H2,1-2H3,(H,32,35). The van der Waals surface area contributed by atoms with Crippen LogP contribution in [-0.4, -0.2) is 37.0 Å². The van der Waals surface area contributed by atoms with E-state index in [1.807, 2.05) is 25.1 Å². The third-order valence-corrected chi connectivity index (χ3v) is 6.15. The molecule has 6 nitrogen and oxygen atoms in total. The number of amides is 3. The third-order valence-electron chi connectivity index (χ3n) is 6.15. The molecule has 0 spiro atoms. The average Bonchev–Trinajstić information content (AvgIpc) is 2.85. The number of alkyl halides is 3. The number of ether oxygens (including phenoxy) is 1. The van der Waals surface area contributed by atoms with Gasteiger partial charge in [-0.3, -0.25) is 9.69 Å². The Morgan fingerprint density at radius 3 is 2.51 bits per heavy atom. The molecular formula is C28H28F3N3O3. The predicted octanol–water partition coefficient (Wildman–Crippen LogP) is 6.04. The summed E-state index contributed by atoms with van der Waals surface area (Å²) >= 11 is 0. The minimum Gasteiger partial charge on any atom is -0.497 e. The number of urea groups is 1. The molecule has 0 aliphatic carbocycles. The van der Waals surface area contributed by atoms with Gasteiger partial charge in [-0.15, -0.1) is 0 Å². The Labute approximate surface area is 213 Å². The van der Waals surface area contributed by atoms with Crippen molar-refractivity contribution >= 4 is 23.3 Å². The van der Waals surface area contributed by atoms with Gasteiger partial charge in [0.1, 0.15) is 5.75 Å². The second-order valence-corrected chi connectivity index (χ2v) is 9.00. The number of rotatable bonds is 7. The Kier molecular flexibility index (Phi) is 7.71. The van der Waals surface area contributed by atoms with Crippen molar-refractivity contribution < 1.29 is 27.5 Å². The molecule has 3 aromatic rings. The zero-order valence-electron chi connectivity index (χ0n) is 20.6. The van der Waals surface area contributed by atoms with Crippen molar-refractivity contribution in [3.63, 3.8) is 0 Å². The van der Waals surface area contributed by atoms with Gasteiger partial charge in [0.15, 0.2) is 0 Å². The molecule has 0 bridgehead atoms. The fourth-order valence-corrected chi connectivity index (χ4v) is 4.37. The number of hydrogen-bond acceptors (Lipinski definition) is 3. The second kappa shape index (κ2) is 10.9. The summed E-state index contributed by atoms with van der Waals surface area (Å²) < 4.78 is 44.6. The van der Waals surface area contributed by atoms with Gasteiger partial charge in [-0.05, 0) is 66.4 Å². The monoisotopic (exact) mass is 511 g/mol. The molecule has 0 unspecified atom stereocenters. The molecule has 3 aromatic carbocycles. The molecule has 1 fully saturated rings. The lowest BCUT2D eigenvalue weighted by Crippen LogP contribution is -2.49. The first-order valence-electron chi connectivity index (χ1n) is 11.9. The van der Waals surface area contributed by atoms with Crippen molar-refractivity contribution in [3.05, 3.63) is 89.0 Å². The van der Waals surface area contributed by atoms with Crippen LogP contribution in [0.4, 0.5) is 29.3 Å². The van der Waals surface area contributed by atoms with E-state index in [1.165, 1.54) is 11.0 Å². The quantitative estimate of drug-likeness (QED) is 0.421. The molecule has 37 heavy (non-hydrogen) atoms. The molecule has 3 amide bonds. The molecule has 1 heterocycles. The number of methoxy groups -OCH3 is 1. The maximum absolute atomic E-state index is 13.4. The van der Waals surface area contributed by atoms with E-state index in [-0.39, 0.29) is 24.9 Å². The first kappa shape index (κ1) is 26.1. The molecule has 0 aromatic heterocycles. The number of benzene rings is 3. The van der Waals surface area contributed by atoms with Crippen LogP contribution >= 0.6 is 0 Å². The fraction of sp³-hybridized carbons (Fsp3) is 0.286. The van der Waals surface area contributed by atoms with Gasteiger partial charge in [-0.2, -0.15) is 13.2 Å². The summed E-state index contributed by atoms with van der Waals surface area (Å²) in [6, 6.07) is 17.4. The number of nitrogens with one attached hydrogen (secondary N) is 1. The summed E-state index contributed by atoms with van der Waals surface area (Å²) in [5.41, 5.74) is 2.40. The summed E-state index contributed by atoms with van der Waals surface area (Å²) in [4.78, 5) is 29.4. The Morgan fingerprint density at radius 2 is 1.76 bits per heavy atom. The Bertz CT molecular complexity index is 1290. The molecule has 1 saturated heterocycles. The van der Waals surface area contributed by atoms with Crippen molar-refractivity contribution in [1.29, 1.82) is 0 Å². The van der Waals surface area contributed by atoms with Crippen LogP contribution in [0.3, 0.4) is 0 Å². The van der Waals surface area contributed by atoms with E-state index in [0.29, 0.717) is 42.2 Å². The number of aryl methyl sites for hydroxylation is 1. The van der Waals surface area contributed by atoms with Crippen LogP contribution in [-0.2, 0) is 23.9 Å². The van der Waals surface area contributed by atoms with Crippen LogP contribution in [0, 0.1) is 6.92 Å². The summed E-state index contributed by atoms with van der Waals surface area (Å²) in [6.45, 7) is 2.80. The third kappa shape index (κ3) is 6.41. The molecule has 9 heteroatoms. The highest BCUT2D eigenvalue weighted by atomic mass is 19.4. The number of carbonyl (C=O) groups is 2. The Morgan fingerprint density at radius 1 is 1.00 bits per heavy atom. The lowest BCUT2D eigenvalue weighted by Gasteiger charge is -2.36. The van der Waals surface area contributed by atoms with Crippen molar-refractivity contribution in [2.75, 3.05) is 30.4 Å². The van der Waals surface area contributed by atoms with Crippen molar-refractivity contribution in [3.8, 4) is 5.75 Å². The van der Waals surface area contributed by atoms with Crippen molar-refractivity contribution in [2.24, 2.45) is 0 Å². The number of nitrogens with zero attached hydrogens (tertiary/aromatic N) is 2. The first-order chi connectivity index (χ1) is 17.6. The number of anilines is 2. The highest BCUT2D eigenvalue weighted by Gasteiger charge is 2.32. The molecule has 1 N–H and O–H groups in total. The summed E-state index contributed by atoms with van der Waals surface area (Å²) in [6.07, 6.45) is -3.69. The molecule has 0 radical (unpaired) electrons. The van der Waals surface area contributed by atoms with Crippen LogP contribution in [0.1, 0.15) is 28.7 Å². The average molecular weight is 512 g/mol. The molecule has 194 valence electrons. The van der Waals surface area contributed by atoms with Crippen LogP contribution in [0.2, 0.25) is 0 Å². The van der Waals surface area contributed by atoms with E-state index in [9.17, 15) is 22.8 Å². The topological polar surface area (TPSA) is 61.9 Å². The van der Waals surface area contributed by atoms with Crippen LogP contribution in [0.25, 0.3) is 0 Å². The number of halogens is 3. The maximum atomic E-state index is 13.4. The van der Waals surface area contributed by atoms with Crippen LogP contribution < -0.4 is 15.0 Å². The van der Waals surface area contributed by atoms with E-state index in [0.717, 1.165) is 23.3 Å². The predicted molar refractivity (Wildman–Crippen MR) is 136 cm³/mol. The van der Waals surface area contributed by atoms with Gasteiger partial charge in [0.05, 0.1) is 30.5 Å². The molecule has 0 saturated carbocycles. The maximum Gasteiger partial charge on any atom is 0.416 e.